The van der Waals surface area contributed by atoms with E-state index in [1.807, 2.05) is 20.8 Å². The van der Waals surface area contributed by atoms with Gasteiger partial charge in [-0.3, -0.25) is 28.8 Å². The number of Topliss-reactive ketones (excluding diaryl/α,β-unsaturated/α-hetero) is 4. The molecule has 9 heteroatoms. The normalized spacial score (nSPS) is 39.4. The van der Waals surface area contributed by atoms with Crippen molar-refractivity contribution in [2.24, 2.45) is 45.3 Å². The van der Waals surface area contributed by atoms with Crippen LogP contribution in [0, 0.1) is 45.3 Å². The van der Waals surface area contributed by atoms with Gasteiger partial charge in [0.2, 0.25) is 5.78 Å². The van der Waals surface area contributed by atoms with Crippen molar-refractivity contribution in [1.82, 2.24) is 0 Å². The van der Waals surface area contributed by atoms with Crippen LogP contribution in [0.15, 0.2) is 11.1 Å². The van der Waals surface area contributed by atoms with Gasteiger partial charge in [0, 0.05) is 54.6 Å². The molecular weight excluding hydrogens is 528 g/mol. The van der Waals surface area contributed by atoms with E-state index in [0.29, 0.717) is 12.8 Å². The van der Waals surface area contributed by atoms with Gasteiger partial charge in [0.05, 0.1) is 17.4 Å². The smallest absolute Gasteiger partial charge is 0.306 e. The molecular formula is C32H44O9. The Morgan fingerprint density at radius 1 is 0.976 bits per heavy atom. The van der Waals surface area contributed by atoms with E-state index in [0.717, 1.165) is 0 Å². The summed E-state index contributed by atoms with van der Waals surface area (Å²) >= 11 is 0. The number of esters is 1. The van der Waals surface area contributed by atoms with Gasteiger partial charge < -0.3 is 14.9 Å². The third-order valence-corrected chi connectivity index (χ3v) is 11.8. The van der Waals surface area contributed by atoms with E-state index in [1.165, 1.54) is 13.8 Å². The van der Waals surface area contributed by atoms with E-state index in [-0.39, 0.29) is 60.1 Å². The zero-order valence-electron chi connectivity index (χ0n) is 25.5. The molecule has 0 aromatic carbocycles. The number of carbonyl (C=O) groups is 6. The Kier molecular flexibility index (Phi) is 7.59. The minimum absolute atomic E-state index is 0.00458. The maximum atomic E-state index is 14.6. The van der Waals surface area contributed by atoms with E-state index >= 15 is 0 Å². The third-order valence-electron chi connectivity index (χ3n) is 11.8. The van der Waals surface area contributed by atoms with Gasteiger partial charge in [-0.25, -0.2) is 0 Å². The molecule has 0 spiro atoms. The molecule has 0 heterocycles. The Hall–Kier alpha value is -2.68. The first-order valence-electron chi connectivity index (χ1n) is 14.7. The van der Waals surface area contributed by atoms with E-state index in [4.69, 9.17) is 4.74 Å². The number of aliphatic hydroxyl groups excluding tert-OH is 1. The zero-order chi connectivity index (χ0) is 31.0. The van der Waals surface area contributed by atoms with Gasteiger partial charge in [-0.2, -0.15) is 0 Å². The van der Waals surface area contributed by atoms with Gasteiger partial charge >= 0.3 is 11.9 Å². The molecule has 0 bridgehead atoms. The molecule has 9 nitrogen and oxygen atoms in total. The molecule has 0 saturated heterocycles. The van der Waals surface area contributed by atoms with Crippen molar-refractivity contribution in [2.75, 3.05) is 0 Å². The van der Waals surface area contributed by atoms with Crippen LogP contribution in [0.4, 0.5) is 0 Å². The van der Waals surface area contributed by atoms with Crippen molar-refractivity contribution in [3.05, 3.63) is 11.1 Å². The molecule has 0 radical (unpaired) electrons. The number of rotatable bonds is 7. The van der Waals surface area contributed by atoms with Gasteiger partial charge in [0.25, 0.3) is 0 Å². The van der Waals surface area contributed by atoms with Gasteiger partial charge in [-0.15, -0.1) is 0 Å². The molecule has 9 atom stereocenters. The second-order valence-corrected chi connectivity index (χ2v) is 14.4. The summed E-state index contributed by atoms with van der Waals surface area (Å²) in [6.07, 6.45) is -1.19. The largest absolute Gasteiger partial charge is 0.481 e. The SMILES string of the molecule is CC(=O)O[C@@H]1C(=O)C2=C(C(=O)C[C@H]3C(C)(C)[C@@H](O)CC[C@]23C)[C@]2(C)C(=O)C[C@H]([C@H](C)CC(=O)C[C@@H](C)C(=O)O)[C@@]12C. The summed E-state index contributed by atoms with van der Waals surface area (Å²) in [6, 6.07) is 0. The predicted octanol–water partition coefficient (Wildman–Crippen LogP) is 3.88. The molecule has 41 heavy (non-hydrogen) atoms. The molecule has 2 fully saturated rings. The van der Waals surface area contributed by atoms with E-state index in [1.54, 1.807) is 20.8 Å². The molecule has 0 amide bonds. The quantitative estimate of drug-likeness (QED) is 0.433. The monoisotopic (exact) mass is 572 g/mol. The molecule has 4 rings (SSSR count). The average molecular weight is 573 g/mol. The second-order valence-electron chi connectivity index (χ2n) is 14.4. The summed E-state index contributed by atoms with van der Waals surface area (Å²) in [5.41, 5.74) is -3.73. The highest BCUT2D eigenvalue weighted by Crippen LogP contribution is 2.70. The summed E-state index contributed by atoms with van der Waals surface area (Å²) in [4.78, 5) is 79.5. The predicted molar refractivity (Wildman–Crippen MR) is 147 cm³/mol. The first-order chi connectivity index (χ1) is 18.8. The topological polar surface area (TPSA) is 152 Å². The summed E-state index contributed by atoms with van der Waals surface area (Å²) in [7, 11) is 0. The Balaban J connectivity index is 1.88. The van der Waals surface area contributed by atoms with Gasteiger partial charge in [0.1, 0.15) is 11.6 Å². The summed E-state index contributed by atoms with van der Waals surface area (Å²) in [5.74, 6) is -5.24. The summed E-state index contributed by atoms with van der Waals surface area (Å²) < 4.78 is 5.80. The third kappa shape index (κ3) is 4.28. The first kappa shape index (κ1) is 31.3. The number of hydrogen-bond acceptors (Lipinski definition) is 8. The summed E-state index contributed by atoms with van der Waals surface area (Å²) in [6.45, 7) is 13.6. The zero-order valence-corrected chi connectivity index (χ0v) is 25.5. The lowest BCUT2D eigenvalue weighted by Gasteiger charge is -2.61. The number of carboxylic acids is 1. The van der Waals surface area contributed by atoms with Crippen LogP contribution in [0.2, 0.25) is 0 Å². The highest BCUT2D eigenvalue weighted by atomic mass is 16.5. The maximum Gasteiger partial charge on any atom is 0.306 e. The van der Waals surface area contributed by atoms with Crippen LogP contribution in [-0.4, -0.2) is 57.5 Å². The number of aliphatic hydroxyl groups is 1. The van der Waals surface area contributed by atoms with Crippen LogP contribution < -0.4 is 0 Å². The minimum atomic E-state index is -1.43. The Bertz CT molecular complexity index is 1260. The molecule has 0 aromatic rings. The molecule has 4 aliphatic rings. The fourth-order valence-electron chi connectivity index (χ4n) is 9.17. The first-order valence-corrected chi connectivity index (χ1v) is 14.7. The number of hydrogen-bond donors (Lipinski definition) is 2. The summed E-state index contributed by atoms with van der Waals surface area (Å²) in [5, 5.41) is 20.1. The molecule has 226 valence electrons. The molecule has 0 unspecified atom stereocenters. The van der Waals surface area contributed by atoms with Crippen LogP contribution in [0.5, 0.6) is 0 Å². The average Bonchev–Trinajstić information content (AvgIpc) is 3.07. The van der Waals surface area contributed by atoms with Crippen molar-refractivity contribution in [3.63, 3.8) is 0 Å². The van der Waals surface area contributed by atoms with Crippen molar-refractivity contribution in [1.29, 1.82) is 0 Å². The molecule has 2 N–H and O–H groups in total. The van der Waals surface area contributed by atoms with E-state index in [2.05, 4.69) is 0 Å². The molecule has 0 aliphatic heterocycles. The van der Waals surface area contributed by atoms with Gasteiger partial charge in [-0.05, 0) is 42.9 Å². The van der Waals surface area contributed by atoms with Gasteiger partial charge in [-0.1, -0.05) is 41.5 Å². The Morgan fingerprint density at radius 3 is 2.15 bits per heavy atom. The van der Waals surface area contributed by atoms with Crippen LogP contribution in [0.25, 0.3) is 0 Å². The molecule has 0 aromatic heterocycles. The Morgan fingerprint density at radius 2 is 1.59 bits per heavy atom. The van der Waals surface area contributed by atoms with Crippen molar-refractivity contribution in [3.8, 4) is 0 Å². The Labute approximate surface area is 241 Å². The fourth-order valence-corrected chi connectivity index (χ4v) is 9.17. The van der Waals surface area contributed by atoms with Crippen molar-refractivity contribution in [2.45, 2.75) is 106 Å². The standard InChI is InChI=1S/C32H44O9/c1-15(11-18(34)12-16(2)28(39)40)19-13-23(37)32(8)24-20(35)14-21-29(4,5)22(36)9-10-30(21,6)25(24)26(38)27(31(19,32)7)41-17(3)33/h15-16,19,21-22,27,36H,9-14H2,1-8H3,(H,39,40)/t15-,16-,19-,21+,22+,27-,30+,31+,32+/m1/s1. The number of ketones is 4. The van der Waals surface area contributed by atoms with Crippen LogP contribution in [0.3, 0.4) is 0 Å². The molecule has 2 saturated carbocycles. The number of allylic oxidation sites excluding steroid dienone is 1. The lowest BCUT2D eigenvalue weighted by Crippen LogP contribution is -2.65. The molecule has 4 aliphatic carbocycles. The lowest BCUT2D eigenvalue weighted by atomic mass is 9.42. The van der Waals surface area contributed by atoms with Crippen LogP contribution in [-0.2, 0) is 33.5 Å². The van der Waals surface area contributed by atoms with Crippen molar-refractivity contribution >= 4 is 35.1 Å². The van der Waals surface area contributed by atoms with Crippen molar-refractivity contribution < 1.29 is 43.7 Å². The number of ether oxygens (including phenoxy) is 1. The van der Waals surface area contributed by atoms with Crippen LogP contribution in [0.1, 0.15) is 93.9 Å². The van der Waals surface area contributed by atoms with E-state index in [9.17, 15) is 39.0 Å². The maximum absolute atomic E-state index is 14.6. The number of carboxylic acid groups (broad SMARTS) is 1. The highest BCUT2D eigenvalue weighted by molar-refractivity contribution is 6.18. The number of carbonyl (C=O) groups excluding carboxylic acids is 5. The number of aliphatic carboxylic acids is 1. The second kappa shape index (κ2) is 9.96. The minimum Gasteiger partial charge on any atom is -0.481 e. The van der Waals surface area contributed by atoms with E-state index < -0.39 is 69.3 Å². The lowest BCUT2D eigenvalue weighted by molar-refractivity contribution is -0.176. The van der Waals surface area contributed by atoms with Crippen LogP contribution >= 0.6 is 0 Å². The van der Waals surface area contributed by atoms with Gasteiger partial charge in [0.15, 0.2) is 11.9 Å². The highest BCUT2D eigenvalue weighted by Gasteiger charge is 2.74. The fraction of sp³-hybridized carbons (Fsp3) is 0.750. The number of fused-ring (bicyclic) bond motifs is 4.